The molecule has 2 aliphatic heterocycles. The lowest BCUT2D eigenvalue weighted by atomic mass is 9.83. The van der Waals surface area contributed by atoms with Crippen LogP contribution in [0.1, 0.15) is 47.3 Å². The van der Waals surface area contributed by atoms with Crippen LogP contribution in [0.15, 0.2) is 24.3 Å². The fourth-order valence-electron chi connectivity index (χ4n) is 4.58. The first-order chi connectivity index (χ1) is 15.9. The number of Topliss-reactive ketones (excluding diaryl/α,β-unsaturated/α-hetero) is 1. The third-order valence-electron chi connectivity index (χ3n) is 6.53. The van der Waals surface area contributed by atoms with Gasteiger partial charge in [0, 0.05) is 41.5 Å². The number of benzene rings is 2. The van der Waals surface area contributed by atoms with E-state index in [1.807, 2.05) is 41.2 Å². The maximum atomic E-state index is 14.0. The number of ketones is 1. The summed E-state index contributed by atoms with van der Waals surface area (Å²) in [6, 6.07) is 7.45. The number of hydrogen-bond acceptors (Lipinski definition) is 7. The molecule has 0 saturated carbocycles. The average Bonchev–Trinajstić information content (AvgIpc) is 3.27. The normalized spacial score (nSPS) is 21.9. The third kappa shape index (κ3) is 4.41. The molecule has 2 aromatic carbocycles. The standard InChI is InChI=1S/C24H27I2NO6/c1-4-14-9-17-21(11-20(14)30-3)31-8-7-24(17,25)23(28)15-5-6-18-16(22(15)27-29)10-19(33-18)13(2)12-32-26/h5-6,9,11,13,19,27,29H,4,7-8,10,12H2,1-3H3/t13?,19?,24-/m0/s1. The molecule has 33 heavy (non-hydrogen) atoms. The molecular formula is C24H27I2NO6. The number of ether oxygens (including phenoxy) is 3. The molecule has 2 aliphatic rings. The number of aryl methyl sites for hydroxylation is 1. The van der Waals surface area contributed by atoms with Gasteiger partial charge >= 0.3 is 0 Å². The molecular weight excluding hydrogens is 652 g/mol. The van der Waals surface area contributed by atoms with E-state index >= 15 is 0 Å². The Morgan fingerprint density at radius 2 is 2.15 bits per heavy atom. The molecule has 0 bridgehead atoms. The van der Waals surface area contributed by atoms with E-state index in [2.05, 4.69) is 41.9 Å². The zero-order valence-corrected chi connectivity index (χ0v) is 23.1. The molecule has 178 valence electrons. The van der Waals surface area contributed by atoms with Crippen molar-refractivity contribution in [3.05, 3.63) is 46.5 Å². The minimum absolute atomic E-state index is 0.0775. The highest BCUT2D eigenvalue weighted by Crippen LogP contribution is 2.50. The molecule has 0 saturated heterocycles. The topological polar surface area (TPSA) is 86.3 Å². The van der Waals surface area contributed by atoms with Crippen LogP contribution >= 0.6 is 45.6 Å². The van der Waals surface area contributed by atoms with Gasteiger partial charge in [-0.2, -0.15) is 0 Å². The monoisotopic (exact) mass is 679 g/mol. The quantitative estimate of drug-likeness (QED) is 0.161. The lowest BCUT2D eigenvalue weighted by molar-refractivity contribution is 0.0921. The molecule has 2 N–H and O–H groups in total. The van der Waals surface area contributed by atoms with Crippen molar-refractivity contribution in [3.63, 3.8) is 0 Å². The summed E-state index contributed by atoms with van der Waals surface area (Å²) in [6.07, 6.45) is 1.81. The van der Waals surface area contributed by atoms with Crippen molar-refractivity contribution in [1.82, 2.24) is 0 Å². The first-order valence-corrected chi connectivity index (χ1v) is 12.9. The molecule has 0 radical (unpaired) electrons. The SMILES string of the molecule is CCc1cc2c(cc1OC)OCC[C@@]2(I)C(=O)c1ccc2c(c1NO)CC(C(C)COI)O2. The van der Waals surface area contributed by atoms with E-state index in [9.17, 15) is 10.0 Å². The van der Waals surface area contributed by atoms with Gasteiger partial charge in [0.15, 0.2) is 5.78 Å². The van der Waals surface area contributed by atoms with E-state index in [4.69, 9.17) is 17.3 Å². The van der Waals surface area contributed by atoms with E-state index in [0.29, 0.717) is 48.8 Å². The molecule has 0 amide bonds. The second-order valence-corrected chi connectivity index (χ2v) is 10.9. The predicted molar refractivity (Wildman–Crippen MR) is 142 cm³/mol. The van der Waals surface area contributed by atoms with Crippen LogP contribution in [0, 0.1) is 5.92 Å². The average molecular weight is 679 g/mol. The number of carbonyl (C=O) groups excluding carboxylic acids is 1. The number of anilines is 1. The van der Waals surface area contributed by atoms with Gasteiger partial charge < -0.3 is 17.3 Å². The van der Waals surface area contributed by atoms with Crippen molar-refractivity contribution < 1.29 is 27.3 Å². The van der Waals surface area contributed by atoms with E-state index in [1.165, 1.54) is 0 Å². The smallest absolute Gasteiger partial charge is 0.185 e. The maximum Gasteiger partial charge on any atom is 0.185 e. The van der Waals surface area contributed by atoms with E-state index in [-0.39, 0.29) is 17.8 Å². The fourth-order valence-corrected chi connectivity index (χ4v) is 6.08. The largest absolute Gasteiger partial charge is 0.496 e. The van der Waals surface area contributed by atoms with Crippen LogP contribution in [0.3, 0.4) is 0 Å². The molecule has 0 aliphatic carbocycles. The summed E-state index contributed by atoms with van der Waals surface area (Å²) in [4.78, 5) is 14.0. The number of rotatable bonds is 8. The molecule has 0 aromatic heterocycles. The molecule has 9 heteroatoms. The number of alkyl halides is 1. The van der Waals surface area contributed by atoms with Gasteiger partial charge in [0.05, 0.1) is 26.0 Å². The Morgan fingerprint density at radius 3 is 2.82 bits per heavy atom. The van der Waals surface area contributed by atoms with Crippen LogP contribution in [-0.4, -0.2) is 37.4 Å². The summed E-state index contributed by atoms with van der Waals surface area (Å²) >= 11 is 4.13. The lowest BCUT2D eigenvalue weighted by Gasteiger charge is -2.34. The van der Waals surface area contributed by atoms with Crippen LogP contribution in [0.2, 0.25) is 0 Å². The van der Waals surface area contributed by atoms with E-state index in [1.54, 1.807) is 13.2 Å². The van der Waals surface area contributed by atoms with E-state index < -0.39 is 3.42 Å². The van der Waals surface area contributed by atoms with Gasteiger partial charge in [-0.15, -0.1) is 0 Å². The molecule has 3 atom stereocenters. The molecule has 0 spiro atoms. The van der Waals surface area contributed by atoms with Crippen LogP contribution in [-0.2, 0) is 19.3 Å². The van der Waals surface area contributed by atoms with Crippen molar-refractivity contribution in [1.29, 1.82) is 0 Å². The summed E-state index contributed by atoms with van der Waals surface area (Å²) in [7, 11) is 1.64. The van der Waals surface area contributed by atoms with Crippen molar-refractivity contribution >= 4 is 57.1 Å². The minimum atomic E-state index is -0.831. The third-order valence-corrected chi connectivity index (χ3v) is 8.49. The first kappa shape index (κ1) is 24.8. The van der Waals surface area contributed by atoms with Crippen molar-refractivity contribution in [2.24, 2.45) is 5.92 Å². The molecule has 2 unspecified atom stereocenters. The molecule has 2 aromatic rings. The van der Waals surface area contributed by atoms with Gasteiger partial charge in [-0.3, -0.25) is 15.5 Å². The van der Waals surface area contributed by atoms with Gasteiger partial charge in [-0.25, -0.2) is 0 Å². The van der Waals surface area contributed by atoms with Crippen molar-refractivity contribution in [3.8, 4) is 17.2 Å². The van der Waals surface area contributed by atoms with Crippen LogP contribution in [0.4, 0.5) is 5.69 Å². The lowest BCUT2D eigenvalue weighted by Crippen LogP contribution is -2.35. The van der Waals surface area contributed by atoms with Crippen molar-refractivity contribution in [2.45, 2.75) is 42.6 Å². The Kier molecular flexibility index (Phi) is 7.61. The number of carbonyl (C=O) groups is 1. The van der Waals surface area contributed by atoms with Gasteiger partial charge in [-0.05, 0) is 30.2 Å². The van der Waals surface area contributed by atoms with Gasteiger partial charge in [-0.1, -0.05) is 36.4 Å². The van der Waals surface area contributed by atoms with Gasteiger partial charge in [0.2, 0.25) is 0 Å². The Balaban J connectivity index is 1.74. The second kappa shape index (κ2) is 10.1. The maximum absolute atomic E-state index is 14.0. The first-order valence-electron chi connectivity index (χ1n) is 10.9. The summed E-state index contributed by atoms with van der Waals surface area (Å²) in [5.41, 5.74) is 5.82. The fraction of sp³-hybridized carbons (Fsp3) is 0.458. The summed E-state index contributed by atoms with van der Waals surface area (Å²) in [5, 5.41) is 10.1. The Labute approximate surface area is 221 Å². The highest BCUT2D eigenvalue weighted by atomic mass is 127. The molecule has 4 rings (SSSR count). The molecule has 0 fully saturated rings. The van der Waals surface area contributed by atoms with Crippen LogP contribution in [0.5, 0.6) is 17.2 Å². The van der Waals surface area contributed by atoms with Gasteiger partial charge in [0.1, 0.15) is 49.8 Å². The van der Waals surface area contributed by atoms with Gasteiger partial charge in [0.25, 0.3) is 0 Å². The zero-order valence-electron chi connectivity index (χ0n) is 18.7. The predicted octanol–water partition coefficient (Wildman–Crippen LogP) is 5.66. The minimum Gasteiger partial charge on any atom is -0.496 e. The number of nitrogens with one attached hydrogen (secondary N) is 1. The highest BCUT2D eigenvalue weighted by Gasteiger charge is 2.45. The highest BCUT2D eigenvalue weighted by molar-refractivity contribution is 14.1. The van der Waals surface area contributed by atoms with E-state index in [0.717, 1.165) is 28.9 Å². The van der Waals surface area contributed by atoms with Crippen LogP contribution < -0.4 is 19.7 Å². The number of hydrogen-bond donors (Lipinski definition) is 2. The van der Waals surface area contributed by atoms with Crippen molar-refractivity contribution in [2.75, 3.05) is 25.8 Å². The molecule has 7 nitrogen and oxygen atoms in total. The molecule has 2 heterocycles. The number of halogens is 2. The Bertz CT molecular complexity index is 1060. The second-order valence-electron chi connectivity index (χ2n) is 8.43. The summed E-state index contributed by atoms with van der Waals surface area (Å²) in [5.74, 6) is 2.19. The number of methoxy groups -OCH3 is 1. The zero-order chi connectivity index (χ0) is 23.8. The Hall–Kier alpha value is -1.31. The number of fused-ring (bicyclic) bond motifs is 2. The summed E-state index contributed by atoms with van der Waals surface area (Å²) in [6.45, 7) is 5.09. The summed E-state index contributed by atoms with van der Waals surface area (Å²) < 4.78 is 21.9. The Morgan fingerprint density at radius 1 is 1.36 bits per heavy atom. The van der Waals surface area contributed by atoms with Crippen LogP contribution in [0.25, 0.3) is 0 Å².